The lowest BCUT2D eigenvalue weighted by Crippen LogP contribution is -2.39. The summed E-state index contributed by atoms with van der Waals surface area (Å²) in [7, 11) is 0. The molecule has 1 amide bonds. The number of benzene rings is 3. The van der Waals surface area contributed by atoms with Gasteiger partial charge in [0.1, 0.15) is 11.6 Å². The Morgan fingerprint density at radius 2 is 1.73 bits per heavy atom. The molecule has 5 rings (SSSR count). The van der Waals surface area contributed by atoms with Gasteiger partial charge in [0.2, 0.25) is 5.91 Å². The molecule has 1 aliphatic rings. The number of aromatic nitrogens is 2. The Kier molecular flexibility index (Phi) is 5.95. The molecule has 0 N–H and O–H groups in total. The van der Waals surface area contributed by atoms with Crippen LogP contribution in [-0.2, 0) is 11.2 Å². The third-order valence-corrected chi connectivity index (χ3v) is 6.61. The van der Waals surface area contributed by atoms with E-state index in [-0.39, 0.29) is 17.8 Å². The molecule has 1 saturated heterocycles. The van der Waals surface area contributed by atoms with Crippen LogP contribution >= 0.6 is 0 Å². The van der Waals surface area contributed by atoms with Crippen LogP contribution in [0, 0.1) is 12.7 Å². The van der Waals surface area contributed by atoms with Crippen LogP contribution < -0.4 is 0 Å². The third kappa shape index (κ3) is 4.54. The highest BCUT2D eigenvalue weighted by molar-refractivity contribution is 5.81. The van der Waals surface area contributed by atoms with Crippen molar-refractivity contribution in [3.8, 4) is 11.4 Å². The third-order valence-electron chi connectivity index (χ3n) is 6.61. The van der Waals surface area contributed by atoms with Crippen molar-refractivity contribution in [3.05, 3.63) is 89.7 Å². The fourth-order valence-corrected chi connectivity index (χ4v) is 4.76. The Morgan fingerprint density at radius 1 is 1.00 bits per heavy atom. The molecule has 1 aromatic heterocycles. The number of imidazole rings is 1. The smallest absolute Gasteiger partial charge is 0.222 e. The molecular weight excluding hydrogens is 413 g/mol. The molecule has 4 aromatic rings. The standard InChI is InChI=1S/C28H28FN3O/c1-20-7-9-21(10-8-20)11-14-27(33)31-17-15-24(16-18-31)32-26-19-23(29)12-13-25(26)30-28(32)22-5-3-2-4-6-22/h2-10,12-13,19,24H,11,14-18H2,1H3. The highest BCUT2D eigenvalue weighted by Crippen LogP contribution is 2.33. The topological polar surface area (TPSA) is 38.1 Å². The number of aryl methyl sites for hydroxylation is 2. The summed E-state index contributed by atoms with van der Waals surface area (Å²) < 4.78 is 16.3. The van der Waals surface area contributed by atoms with Gasteiger partial charge in [-0.1, -0.05) is 60.2 Å². The summed E-state index contributed by atoms with van der Waals surface area (Å²) >= 11 is 0. The Morgan fingerprint density at radius 3 is 2.45 bits per heavy atom. The summed E-state index contributed by atoms with van der Waals surface area (Å²) in [4.78, 5) is 19.7. The maximum atomic E-state index is 14.1. The predicted molar refractivity (Wildman–Crippen MR) is 129 cm³/mol. The van der Waals surface area contributed by atoms with Crippen molar-refractivity contribution < 1.29 is 9.18 Å². The van der Waals surface area contributed by atoms with Crippen LogP contribution in [-0.4, -0.2) is 33.4 Å². The fourth-order valence-electron chi connectivity index (χ4n) is 4.76. The second kappa shape index (κ2) is 9.18. The van der Waals surface area contributed by atoms with Crippen LogP contribution in [0.4, 0.5) is 4.39 Å². The summed E-state index contributed by atoms with van der Waals surface area (Å²) in [6.45, 7) is 3.49. The molecule has 1 fully saturated rings. The molecule has 0 radical (unpaired) electrons. The Balaban J connectivity index is 1.32. The molecule has 5 heteroatoms. The minimum Gasteiger partial charge on any atom is -0.343 e. The van der Waals surface area contributed by atoms with Crippen LogP contribution in [0.15, 0.2) is 72.8 Å². The zero-order chi connectivity index (χ0) is 22.8. The summed E-state index contributed by atoms with van der Waals surface area (Å²) in [5, 5.41) is 0. The highest BCUT2D eigenvalue weighted by Gasteiger charge is 2.27. The van der Waals surface area contributed by atoms with Crippen molar-refractivity contribution in [2.75, 3.05) is 13.1 Å². The van der Waals surface area contributed by atoms with E-state index in [2.05, 4.69) is 35.8 Å². The van der Waals surface area contributed by atoms with Gasteiger partial charge in [-0.2, -0.15) is 0 Å². The monoisotopic (exact) mass is 441 g/mol. The second-order valence-electron chi connectivity index (χ2n) is 8.90. The Labute approximate surface area is 193 Å². The van der Waals surface area contributed by atoms with E-state index in [1.54, 1.807) is 12.1 Å². The molecule has 168 valence electrons. The zero-order valence-electron chi connectivity index (χ0n) is 18.9. The van der Waals surface area contributed by atoms with E-state index in [4.69, 9.17) is 4.98 Å². The van der Waals surface area contributed by atoms with Crippen molar-refractivity contribution in [3.63, 3.8) is 0 Å². The van der Waals surface area contributed by atoms with Gasteiger partial charge >= 0.3 is 0 Å². The van der Waals surface area contributed by atoms with Gasteiger partial charge in [0.15, 0.2) is 0 Å². The highest BCUT2D eigenvalue weighted by atomic mass is 19.1. The van der Waals surface area contributed by atoms with E-state index < -0.39 is 0 Å². The molecule has 1 aliphatic heterocycles. The first-order chi connectivity index (χ1) is 16.1. The van der Waals surface area contributed by atoms with Gasteiger partial charge in [0, 0.05) is 31.1 Å². The van der Waals surface area contributed by atoms with E-state index in [9.17, 15) is 9.18 Å². The SMILES string of the molecule is Cc1ccc(CCC(=O)N2CCC(n3c(-c4ccccc4)nc4ccc(F)cc43)CC2)cc1. The average Bonchev–Trinajstić information content (AvgIpc) is 3.23. The van der Waals surface area contributed by atoms with Crippen LogP contribution in [0.3, 0.4) is 0 Å². The minimum atomic E-state index is -0.257. The van der Waals surface area contributed by atoms with E-state index in [0.717, 1.165) is 41.7 Å². The van der Waals surface area contributed by atoms with Gasteiger partial charge in [-0.15, -0.1) is 0 Å². The van der Waals surface area contributed by atoms with Gasteiger partial charge in [-0.05, 0) is 49.9 Å². The van der Waals surface area contributed by atoms with Crippen molar-refractivity contribution in [1.29, 1.82) is 0 Å². The normalized spacial score (nSPS) is 14.7. The molecule has 3 aromatic carbocycles. The van der Waals surface area contributed by atoms with Crippen molar-refractivity contribution in [2.24, 2.45) is 0 Å². The number of fused-ring (bicyclic) bond motifs is 1. The first-order valence-electron chi connectivity index (χ1n) is 11.6. The minimum absolute atomic E-state index is 0.174. The largest absolute Gasteiger partial charge is 0.343 e. The maximum absolute atomic E-state index is 14.1. The molecule has 4 nitrogen and oxygen atoms in total. The number of rotatable bonds is 5. The van der Waals surface area contributed by atoms with Crippen LogP contribution in [0.5, 0.6) is 0 Å². The molecule has 2 heterocycles. The van der Waals surface area contributed by atoms with Crippen LogP contribution in [0.2, 0.25) is 0 Å². The molecule has 0 spiro atoms. The Hall–Kier alpha value is -3.47. The van der Waals surface area contributed by atoms with Crippen molar-refractivity contribution in [1.82, 2.24) is 14.5 Å². The summed E-state index contributed by atoms with van der Waals surface area (Å²) in [6.07, 6.45) is 2.96. The molecule has 0 atom stereocenters. The van der Waals surface area contributed by atoms with Crippen LogP contribution in [0.1, 0.15) is 36.4 Å². The van der Waals surface area contributed by atoms with Crippen molar-refractivity contribution >= 4 is 16.9 Å². The van der Waals surface area contributed by atoms with E-state index in [1.807, 2.05) is 35.2 Å². The zero-order valence-corrected chi connectivity index (χ0v) is 18.9. The quantitative estimate of drug-likeness (QED) is 0.384. The number of nitrogens with zero attached hydrogens (tertiary/aromatic N) is 3. The van der Waals surface area contributed by atoms with Gasteiger partial charge in [-0.25, -0.2) is 9.37 Å². The second-order valence-corrected chi connectivity index (χ2v) is 8.90. The predicted octanol–water partition coefficient (Wildman–Crippen LogP) is 5.95. The molecule has 0 bridgehead atoms. The number of halogens is 1. The molecule has 0 aliphatic carbocycles. The lowest BCUT2D eigenvalue weighted by Gasteiger charge is -2.34. The number of piperidine rings is 1. The van der Waals surface area contributed by atoms with E-state index >= 15 is 0 Å². The Bertz CT molecular complexity index is 1260. The first kappa shape index (κ1) is 21.4. The van der Waals surface area contributed by atoms with Gasteiger partial charge < -0.3 is 9.47 Å². The summed E-state index contributed by atoms with van der Waals surface area (Å²) in [6, 6.07) is 23.4. The van der Waals surface area contributed by atoms with Crippen molar-refractivity contribution in [2.45, 2.75) is 38.6 Å². The van der Waals surface area contributed by atoms with Gasteiger partial charge in [-0.3, -0.25) is 4.79 Å². The first-order valence-corrected chi connectivity index (χ1v) is 11.6. The van der Waals surface area contributed by atoms with E-state index in [0.29, 0.717) is 19.5 Å². The number of carbonyl (C=O) groups excluding carboxylic acids is 1. The van der Waals surface area contributed by atoms with Gasteiger partial charge in [0.25, 0.3) is 0 Å². The number of hydrogen-bond donors (Lipinski definition) is 0. The number of amides is 1. The van der Waals surface area contributed by atoms with Gasteiger partial charge in [0.05, 0.1) is 11.0 Å². The summed E-state index contributed by atoms with van der Waals surface area (Å²) in [5.41, 5.74) is 5.06. The van der Waals surface area contributed by atoms with Crippen LogP contribution in [0.25, 0.3) is 22.4 Å². The molecule has 0 saturated carbocycles. The molecule has 0 unspecified atom stereocenters. The van der Waals surface area contributed by atoms with E-state index in [1.165, 1.54) is 17.2 Å². The molecule has 33 heavy (non-hydrogen) atoms. The maximum Gasteiger partial charge on any atom is 0.222 e. The lowest BCUT2D eigenvalue weighted by molar-refractivity contribution is -0.132. The average molecular weight is 442 g/mol. The summed E-state index contributed by atoms with van der Waals surface area (Å²) in [5.74, 6) is 0.811. The molecular formula is C28H28FN3O. The number of likely N-dealkylation sites (tertiary alicyclic amines) is 1. The fraction of sp³-hybridized carbons (Fsp3) is 0.286. The number of hydrogen-bond acceptors (Lipinski definition) is 2. The number of carbonyl (C=O) groups is 1. The lowest BCUT2D eigenvalue weighted by atomic mass is 10.0.